The van der Waals surface area contributed by atoms with E-state index in [1.54, 1.807) is 6.20 Å². The number of carbonyl (C=O) groups excluding carboxylic acids is 1. The van der Waals surface area contributed by atoms with Crippen molar-refractivity contribution in [1.29, 1.82) is 0 Å². The van der Waals surface area contributed by atoms with E-state index < -0.39 is 0 Å². The summed E-state index contributed by atoms with van der Waals surface area (Å²) in [5, 5.41) is 5.35. The number of amides is 1. The van der Waals surface area contributed by atoms with Gasteiger partial charge in [0.25, 0.3) is 0 Å². The SMILES string of the molecule is C=CNCC(=O)N(Cc1ncc(-c2ccc(-c3cc4ccc5[nH]c(CN(C)[C@@H](C)CC)nc5c4cc3CCC)c(CC)c2)[nH]1)[C@@H](C)CC. The second-order valence-corrected chi connectivity index (χ2v) is 13.1. The Labute approximate surface area is 286 Å². The van der Waals surface area contributed by atoms with Crippen molar-refractivity contribution in [3.63, 3.8) is 0 Å². The topological polar surface area (TPSA) is 92.9 Å². The molecule has 0 aliphatic heterocycles. The molecule has 0 unspecified atom stereocenters. The van der Waals surface area contributed by atoms with Crippen LogP contribution in [0.5, 0.6) is 0 Å². The molecule has 2 atom stereocenters. The van der Waals surface area contributed by atoms with E-state index in [9.17, 15) is 4.79 Å². The molecule has 0 saturated heterocycles. The predicted molar refractivity (Wildman–Crippen MR) is 200 cm³/mol. The Kier molecular flexibility index (Phi) is 11.4. The van der Waals surface area contributed by atoms with Crippen LogP contribution in [0.15, 0.2) is 61.4 Å². The number of fused-ring (bicyclic) bond motifs is 3. The standard InChI is InChI=1S/C40H53N7O/c1-9-14-29-21-34-30(16-18-35-40(34)45-38(43-35)24-46(8)26(6)10-2)20-33(29)32-17-15-31(19-28(32)12-4)36-22-42-37(44-36)25-47(27(7)11-3)39(48)23-41-13-5/h13,15-22,26-27,41H,5,9-12,14,23-25H2,1-4,6-8H3,(H,42,44)(H,43,45)/t26-,27-/m0/s1. The fraction of sp³-hybridized carbons (Fsp3) is 0.425. The summed E-state index contributed by atoms with van der Waals surface area (Å²) in [6, 6.07) is 16.5. The van der Waals surface area contributed by atoms with Crippen LogP contribution < -0.4 is 5.32 Å². The van der Waals surface area contributed by atoms with Crippen molar-refractivity contribution in [2.75, 3.05) is 13.6 Å². The lowest BCUT2D eigenvalue weighted by molar-refractivity contribution is -0.132. The summed E-state index contributed by atoms with van der Waals surface area (Å²) >= 11 is 0. The first-order chi connectivity index (χ1) is 23.2. The van der Waals surface area contributed by atoms with E-state index in [1.807, 2.05) is 11.1 Å². The highest BCUT2D eigenvalue weighted by atomic mass is 16.2. The van der Waals surface area contributed by atoms with Crippen LogP contribution in [-0.2, 0) is 30.7 Å². The van der Waals surface area contributed by atoms with E-state index in [-0.39, 0.29) is 18.5 Å². The van der Waals surface area contributed by atoms with E-state index in [0.29, 0.717) is 12.6 Å². The molecular weight excluding hydrogens is 594 g/mol. The molecule has 8 nitrogen and oxygen atoms in total. The van der Waals surface area contributed by atoms with E-state index in [0.717, 1.165) is 72.6 Å². The first-order valence-electron chi connectivity index (χ1n) is 17.7. The minimum Gasteiger partial charge on any atom is -0.383 e. The van der Waals surface area contributed by atoms with Gasteiger partial charge in [-0.05, 0) is 110 Å². The number of imidazole rings is 2. The second kappa shape index (κ2) is 15.6. The molecule has 0 radical (unpaired) electrons. The van der Waals surface area contributed by atoms with Crippen LogP contribution in [0, 0.1) is 0 Å². The van der Waals surface area contributed by atoms with Gasteiger partial charge in [0.05, 0.1) is 42.6 Å². The van der Waals surface area contributed by atoms with Gasteiger partial charge >= 0.3 is 0 Å². The number of hydrogen-bond donors (Lipinski definition) is 3. The van der Waals surface area contributed by atoms with Gasteiger partial charge in [0.2, 0.25) is 5.91 Å². The number of nitrogens with zero attached hydrogens (tertiary/aromatic N) is 4. The monoisotopic (exact) mass is 647 g/mol. The average molecular weight is 648 g/mol. The fourth-order valence-electron chi connectivity index (χ4n) is 6.49. The summed E-state index contributed by atoms with van der Waals surface area (Å²) in [5.41, 5.74) is 9.40. The quantitative estimate of drug-likeness (QED) is 0.100. The Morgan fingerprint density at radius 3 is 2.44 bits per heavy atom. The van der Waals surface area contributed by atoms with E-state index in [1.165, 1.54) is 33.0 Å². The third-order valence-electron chi connectivity index (χ3n) is 9.88. The molecule has 0 bridgehead atoms. The van der Waals surface area contributed by atoms with Crippen LogP contribution in [0.1, 0.15) is 83.6 Å². The Hall–Kier alpha value is -4.43. The lowest BCUT2D eigenvalue weighted by Crippen LogP contribution is -2.42. The van der Waals surface area contributed by atoms with E-state index in [4.69, 9.17) is 4.98 Å². The van der Waals surface area contributed by atoms with Crippen molar-refractivity contribution >= 4 is 27.7 Å². The molecule has 0 saturated carbocycles. The molecule has 254 valence electrons. The smallest absolute Gasteiger partial charge is 0.242 e. The highest BCUT2D eigenvalue weighted by Crippen LogP contribution is 2.36. The van der Waals surface area contributed by atoms with Gasteiger partial charge in [-0.25, -0.2) is 9.97 Å². The number of rotatable bonds is 16. The Balaban J connectivity index is 1.47. The third-order valence-corrected chi connectivity index (χ3v) is 9.88. The largest absolute Gasteiger partial charge is 0.383 e. The van der Waals surface area contributed by atoms with Crippen LogP contribution in [-0.4, -0.2) is 61.3 Å². The van der Waals surface area contributed by atoms with Crippen molar-refractivity contribution in [2.24, 2.45) is 0 Å². The molecule has 0 aliphatic carbocycles. The summed E-state index contributed by atoms with van der Waals surface area (Å²) in [4.78, 5) is 34.0. The minimum atomic E-state index is 0.0285. The molecule has 5 aromatic rings. The molecule has 48 heavy (non-hydrogen) atoms. The van der Waals surface area contributed by atoms with Gasteiger partial charge in [-0.1, -0.05) is 58.9 Å². The first kappa shape index (κ1) is 34.9. The molecule has 0 fully saturated rings. The number of H-pyrrole nitrogens is 2. The summed E-state index contributed by atoms with van der Waals surface area (Å²) in [6.07, 6.45) is 8.39. The number of benzene rings is 3. The molecule has 8 heteroatoms. The van der Waals surface area contributed by atoms with Gasteiger partial charge in [-0.15, -0.1) is 0 Å². The maximum absolute atomic E-state index is 12.9. The minimum absolute atomic E-state index is 0.0285. The average Bonchev–Trinajstić information content (AvgIpc) is 3.75. The molecule has 2 heterocycles. The zero-order valence-corrected chi connectivity index (χ0v) is 29.9. The van der Waals surface area contributed by atoms with Gasteiger partial charge < -0.3 is 20.2 Å². The number of aromatic amines is 2. The first-order valence-corrected chi connectivity index (χ1v) is 17.7. The summed E-state index contributed by atoms with van der Waals surface area (Å²) < 4.78 is 0. The van der Waals surface area contributed by atoms with Gasteiger partial charge in [0.15, 0.2) is 0 Å². The normalized spacial score (nSPS) is 12.9. The van der Waals surface area contributed by atoms with Crippen LogP contribution >= 0.6 is 0 Å². The second-order valence-electron chi connectivity index (χ2n) is 13.1. The van der Waals surface area contributed by atoms with Crippen LogP contribution in [0.25, 0.3) is 44.2 Å². The van der Waals surface area contributed by atoms with Crippen LogP contribution in [0.3, 0.4) is 0 Å². The van der Waals surface area contributed by atoms with E-state index >= 15 is 0 Å². The number of carbonyl (C=O) groups is 1. The molecule has 3 N–H and O–H groups in total. The summed E-state index contributed by atoms with van der Waals surface area (Å²) in [6.45, 7) is 18.2. The zero-order chi connectivity index (χ0) is 34.4. The molecule has 5 rings (SSSR count). The van der Waals surface area contributed by atoms with Gasteiger partial charge in [0, 0.05) is 17.5 Å². The molecule has 1 amide bonds. The number of aromatic nitrogens is 4. The molecular formula is C40H53N7O. The maximum Gasteiger partial charge on any atom is 0.242 e. The van der Waals surface area contributed by atoms with E-state index in [2.05, 4.69) is 123 Å². The Morgan fingerprint density at radius 2 is 1.73 bits per heavy atom. The predicted octanol–water partition coefficient (Wildman–Crippen LogP) is 8.38. The number of hydrogen-bond acceptors (Lipinski definition) is 5. The van der Waals surface area contributed by atoms with Gasteiger partial charge in [0.1, 0.15) is 11.6 Å². The third kappa shape index (κ3) is 7.49. The Bertz CT molecular complexity index is 1870. The molecule has 3 aromatic carbocycles. The van der Waals surface area contributed by atoms with Crippen LogP contribution in [0.4, 0.5) is 0 Å². The summed E-state index contributed by atoms with van der Waals surface area (Å²) in [7, 11) is 2.17. The number of aryl methyl sites for hydroxylation is 2. The van der Waals surface area contributed by atoms with Crippen LogP contribution in [0.2, 0.25) is 0 Å². The fourth-order valence-corrected chi connectivity index (χ4v) is 6.49. The zero-order valence-electron chi connectivity index (χ0n) is 29.9. The van der Waals surface area contributed by atoms with Gasteiger partial charge in [-0.3, -0.25) is 9.69 Å². The molecule has 2 aromatic heterocycles. The number of nitrogens with one attached hydrogen (secondary N) is 3. The van der Waals surface area contributed by atoms with Crippen molar-refractivity contribution in [3.8, 4) is 22.4 Å². The van der Waals surface area contributed by atoms with Crippen molar-refractivity contribution in [2.45, 2.75) is 98.8 Å². The van der Waals surface area contributed by atoms with Crippen molar-refractivity contribution < 1.29 is 4.79 Å². The van der Waals surface area contributed by atoms with Crippen molar-refractivity contribution in [3.05, 3.63) is 84.2 Å². The maximum atomic E-state index is 12.9. The highest BCUT2D eigenvalue weighted by Gasteiger charge is 2.21. The lowest BCUT2D eigenvalue weighted by Gasteiger charge is -2.27. The summed E-state index contributed by atoms with van der Waals surface area (Å²) in [5.74, 6) is 1.82. The Morgan fingerprint density at radius 1 is 0.938 bits per heavy atom. The lowest BCUT2D eigenvalue weighted by atomic mass is 9.88. The van der Waals surface area contributed by atoms with Gasteiger partial charge in [-0.2, -0.15) is 0 Å². The highest BCUT2D eigenvalue weighted by molar-refractivity contribution is 6.06. The molecule has 0 spiro atoms. The molecule has 0 aliphatic rings. The van der Waals surface area contributed by atoms with Crippen molar-refractivity contribution in [1.82, 2.24) is 35.1 Å².